The van der Waals surface area contributed by atoms with Gasteiger partial charge in [-0.3, -0.25) is 19.3 Å². The molecular formula is C23H21N3O5S. The molecule has 0 bridgehead atoms. The van der Waals surface area contributed by atoms with E-state index in [0.29, 0.717) is 17.0 Å². The first kappa shape index (κ1) is 21.7. The lowest BCUT2D eigenvalue weighted by Gasteiger charge is -2.20. The molecule has 1 aromatic carbocycles. The lowest BCUT2D eigenvalue weighted by molar-refractivity contribution is -0.119. The Labute approximate surface area is 188 Å². The van der Waals surface area contributed by atoms with Gasteiger partial charge in [0.1, 0.15) is 11.1 Å². The molecule has 9 heteroatoms. The molecule has 0 spiro atoms. The number of hydrogen-bond donors (Lipinski definition) is 1. The maximum absolute atomic E-state index is 12.6. The van der Waals surface area contributed by atoms with Crippen LogP contribution in [0, 0.1) is 11.3 Å². The Hall–Kier alpha value is -3.51. The summed E-state index contributed by atoms with van der Waals surface area (Å²) in [5.74, 6) is -2.15. The summed E-state index contributed by atoms with van der Waals surface area (Å²) in [4.78, 5) is 52.1. The number of fused-ring (bicyclic) bond motifs is 2. The van der Waals surface area contributed by atoms with Crippen LogP contribution >= 0.6 is 11.3 Å². The van der Waals surface area contributed by atoms with Crippen LogP contribution in [0.2, 0.25) is 0 Å². The number of thiophene rings is 1. The Morgan fingerprint density at radius 2 is 2.00 bits per heavy atom. The number of rotatable bonds is 6. The zero-order valence-electron chi connectivity index (χ0n) is 17.7. The largest absolute Gasteiger partial charge is 0.452 e. The monoisotopic (exact) mass is 451 g/mol. The van der Waals surface area contributed by atoms with Crippen LogP contribution in [0.15, 0.2) is 18.2 Å². The Kier molecular flexibility index (Phi) is 5.80. The summed E-state index contributed by atoms with van der Waals surface area (Å²) in [6, 6.07) is 6.06. The summed E-state index contributed by atoms with van der Waals surface area (Å²) in [6.07, 6.45) is 3.35. The Bertz CT molecular complexity index is 1190. The van der Waals surface area contributed by atoms with Crippen LogP contribution in [0.5, 0.6) is 0 Å². The van der Waals surface area contributed by atoms with Crippen LogP contribution in [0.25, 0.3) is 0 Å². The van der Waals surface area contributed by atoms with Crippen LogP contribution in [0.4, 0.5) is 5.00 Å². The van der Waals surface area contributed by atoms with E-state index in [1.165, 1.54) is 34.4 Å². The van der Waals surface area contributed by atoms with Gasteiger partial charge in [0.05, 0.1) is 22.3 Å². The van der Waals surface area contributed by atoms with Crippen LogP contribution in [0.3, 0.4) is 0 Å². The maximum Gasteiger partial charge on any atom is 0.338 e. The number of hydrogen-bond acceptors (Lipinski definition) is 7. The zero-order valence-corrected chi connectivity index (χ0v) is 18.5. The summed E-state index contributed by atoms with van der Waals surface area (Å²) in [5, 5.41) is 12.5. The van der Waals surface area contributed by atoms with Crippen molar-refractivity contribution in [1.29, 1.82) is 5.26 Å². The van der Waals surface area contributed by atoms with Crippen molar-refractivity contribution in [3.63, 3.8) is 0 Å². The van der Waals surface area contributed by atoms with Crippen molar-refractivity contribution in [3.05, 3.63) is 50.9 Å². The molecule has 1 aliphatic heterocycles. The van der Waals surface area contributed by atoms with E-state index in [4.69, 9.17) is 4.74 Å². The molecule has 0 radical (unpaired) electrons. The lowest BCUT2D eigenvalue weighted by atomic mass is 10.1. The number of carbonyl (C=O) groups excluding carboxylic acids is 4. The molecule has 164 valence electrons. The number of aryl methyl sites for hydroxylation is 1. The summed E-state index contributed by atoms with van der Waals surface area (Å²) in [7, 11) is 0. The number of nitrogens with one attached hydrogen (secondary N) is 1. The van der Waals surface area contributed by atoms with E-state index in [1.807, 2.05) is 6.92 Å². The van der Waals surface area contributed by atoms with Crippen molar-refractivity contribution < 1.29 is 23.9 Å². The van der Waals surface area contributed by atoms with Gasteiger partial charge in [0.25, 0.3) is 17.7 Å². The van der Waals surface area contributed by atoms with E-state index in [9.17, 15) is 24.4 Å². The minimum Gasteiger partial charge on any atom is -0.452 e. The molecule has 32 heavy (non-hydrogen) atoms. The highest BCUT2D eigenvalue weighted by Gasteiger charge is 2.38. The number of amides is 3. The second kappa shape index (κ2) is 8.55. The minimum atomic E-state index is -0.778. The number of anilines is 1. The minimum absolute atomic E-state index is 0.0801. The van der Waals surface area contributed by atoms with Gasteiger partial charge in [-0.25, -0.2) is 4.79 Å². The number of esters is 1. The number of imide groups is 1. The predicted octanol–water partition coefficient (Wildman–Crippen LogP) is 3.30. The van der Waals surface area contributed by atoms with Gasteiger partial charge < -0.3 is 10.1 Å². The van der Waals surface area contributed by atoms with Gasteiger partial charge in [-0.05, 0) is 56.4 Å². The van der Waals surface area contributed by atoms with Crippen molar-refractivity contribution in [1.82, 2.24) is 4.90 Å². The fraction of sp³-hybridized carbons (Fsp3) is 0.348. The van der Waals surface area contributed by atoms with Gasteiger partial charge in [0.15, 0.2) is 6.61 Å². The second-order valence-electron chi connectivity index (χ2n) is 7.80. The molecular weight excluding hydrogens is 430 g/mol. The van der Waals surface area contributed by atoms with E-state index in [0.717, 1.165) is 29.7 Å². The van der Waals surface area contributed by atoms with Gasteiger partial charge in [-0.1, -0.05) is 6.92 Å². The molecule has 1 atom stereocenters. The zero-order chi connectivity index (χ0) is 23.0. The SMILES string of the molecule is CCC(C)N1C(=O)c2ccc(C(=O)OCC(=O)Nc3sc4c(c3C#N)CCC4)cc2C1=O. The first-order valence-corrected chi connectivity index (χ1v) is 11.2. The van der Waals surface area contributed by atoms with Crippen molar-refractivity contribution in [3.8, 4) is 6.07 Å². The molecule has 2 heterocycles. The fourth-order valence-corrected chi connectivity index (χ4v) is 5.21. The molecule has 1 aliphatic carbocycles. The highest BCUT2D eigenvalue weighted by Crippen LogP contribution is 2.38. The van der Waals surface area contributed by atoms with Crippen LogP contribution < -0.4 is 5.32 Å². The second-order valence-corrected chi connectivity index (χ2v) is 8.90. The first-order valence-electron chi connectivity index (χ1n) is 10.4. The summed E-state index contributed by atoms with van der Waals surface area (Å²) < 4.78 is 5.09. The predicted molar refractivity (Wildman–Crippen MR) is 117 cm³/mol. The van der Waals surface area contributed by atoms with E-state index in [1.54, 1.807) is 6.92 Å². The van der Waals surface area contributed by atoms with Crippen LogP contribution in [-0.4, -0.2) is 41.2 Å². The normalized spacial score (nSPS) is 15.2. The van der Waals surface area contributed by atoms with Crippen molar-refractivity contribution >= 4 is 40.0 Å². The molecule has 2 aliphatic rings. The van der Waals surface area contributed by atoms with Crippen molar-refractivity contribution in [2.45, 2.75) is 45.6 Å². The fourth-order valence-electron chi connectivity index (χ4n) is 3.96. The number of ether oxygens (including phenoxy) is 1. The van der Waals surface area contributed by atoms with Gasteiger partial charge >= 0.3 is 5.97 Å². The molecule has 1 unspecified atom stereocenters. The number of benzene rings is 1. The van der Waals surface area contributed by atoms with Crippen LogP contribution in [0.1, 0.15) is 73.8 Å². The van der Waals surface area contributed by atoms with E-state index in [-0.39, 0.29) is 28.6 Å². The number of carbonyl (C=O) groups is 4. The van der Waals surface area contributed by atoms with E-state index < -0.39 is 24.4 Å². The van der Waals surface area contributed by atoms with Gasteiger partial charge in [0, 0.05) is 10.9 Å². The first-order chi connectivity index (χ1) is 15.3. The quantitative estimate of drug-likeness (QED) is 0.532. The highest BCUT2D eigenvalue weighted by molar-refractivity contribution is 7.16. The van der Waals surface area contributed by atoms with E-state index >= 15 is 0 Å². The maximum atomic E-state index is 12.6. The topological polar surface area (TPSA) is 117 Å². The summed E-state index contributed by atoms with van der Waals surface area (Å²) >= 11 is 1.38. The standard InChI is InChI=1S/C23H21N3O5S/c1-3-12(2)26-21(28)15-8-7-13(9-16(15)22(26)29)23(30)31-11-19(27)25-20-17(10-24)14-5-4-6-18(14)32-20/h7-9,12H,3-6,11H2,1-2H3,(H,25,27). The van der Waals surface area contributed by atoms with Crippen molar-refractivity contribution in [2.24, 2.45) is 0 Å². The third kappa shape index (κ3) is 3.67. The van der Waals surface area contributed by atoms with Gasteiger partial charge in [0.2, 0.25) is 0 Å². The van der Waals surface area contributed by atoms with Crippen molar-refractivity contribution in [2.75, 3.05) is 11.9 Å². The lowest BCUT2D eigenvalue weighted by Crippen LogP contribution is -2.37. The highest BCUT2D eigenvalue weighted by atomic mass is 32.1. The average Bonchev–Trinajstić information content (AvgIpc) is 3.43. The molecule has 1 N–H and O–H groups in total. The molecule has 8 nitrogen and oxygen atoms in total. The molecule has 4 rings (SSSR count). The Morgan fingerprint density at radius 1 is 1.25 bits per heavy atom. The van der Waals surface area contributed by atoms with Crippen LogP contribution in [-0.2, 0) is 22.4 Å². The smallest absolute Gasteiger partial charge is 0.338 e. The van der Waals surface area contributed by atoms with Gasteiger partial charge in [-0.2, -0.15) is 5.26 Å². The average molecular weight is 452 g/mol. The Morgan fingerprint density at radius 3 is 2.72 bits per heavy atom. The van der Waals surface area contributed by atoms with E-state index in [2.05, 4.69) is 11.4 Å². The molecule has 2 aromatic rings. The molecule has 0 fully saturated rings. The Balaban J connectivity index is 1.41. The van der Waals surface area contributed by atoms with Gasteiger partial charge in [-0.15, -0.1) is 11.3 Å². The molecule has 0 saturated carbocycles. The third-order valence-corrected chi connectivity index (χ3v) is 7.01. The molecule has 0 saturated heterocycles. The number of nitriles is 1. The number of nitrogens with zero attached hydrogens (tertiary/aromatic N) is 2. The third-order valence-electron chi connectivity index (χ3n) is 5.81. The molecule has 3 amide bonds. The summed E-state index contributed by atoms with van der Waals surface area (Å²) in [5.41, 5.74) is 1.96. The summed E-state index contributed by atoms with van der Waals surface area (Å²) in [6.45, 7) is 3.14. The molecule has 1 aromatic heterocycles.